The fraction of sp³-hybridized carbons (Fsp3) is 0.680. The van der Waals surface area contributed by atoms with Crippen molar-refractivity contribution in [2.75, 3.05) is 6.67 Å². The average molecular weight is 554 g/mol. The van der Waals surface area contributed by atoms with Crippen LogP contribution in [-0.4, -0.2) is 29.9 Å². The van der Waals surface area contributed by atoms with Crippen LogP contribution in [-0.2, 0) is 19.1 Å². The van der Waals surface area contributed by atoms with Crippen LogP contribution in [0.15, 0.2) is 28.2 Å². The summed E-state index contributed by atoms with van der Waals surface area (Å²) in [6.07, 6.45) is 6.72. The lowest BCUT2D eigenvalue weighted by Gasteiger charge is -2.55. The highest BCUT2D eigenvalue weighted by molar-refractivity contribution is 14.1. The van der Waals surface area contributed by atoms with Crippen molar-refractivity contribution in [1.82, 2.24) is 0 Å². The summed E-state index contributed by atoms with van der Waals surface area (Å²) < 4.78 is 33.1. The number of allylic oxidation sites excluding steroid dienone is 1. The fourth-order valence-electron chi connectivity index (χ4n) is 8.11. The SMILES string of the molecule is C[C@]12CC[C@H]3[C@@H](CCC4=CC(=O)CC[C@@H]43)[C@@H]1C[C@H]1O[C@@H](c3ccc(I)o3)O[C@]12C(=O)CF. The first-order valence-corrected chi connectivity index (χ1v) is 12.9. The molecule has 1 aromatic heterocycles. The molecule has 0 amide bonds. The minimum absolute atomic E-state index is 0.249. The van der Waals surface area contributed by atoms with E-state index in [2.05, 4.69) is 29.5 Å². The molecule has 4 aliphatic carbocycles. The zero-order chi connectivity index (χ0) is 22.3. The molecule has 0 spiro atoms. The van der Waals surface area contributed by atoms with Gasteiger partial charge in [0, 0.05) is 11.8 Å². The first-order valence-electron chi connectivity index (χ1n) is 11.8. The smallest absolute Gasteiger partial charge is 0.218 e. The molecule has 5 nitrogen and oxygen atoms in total. The number of carbonyl (C=O) groups is 2. The Hall–Kier alpha value is -1.06. The molecule has 0 N–H and O–H groups in total. The summed E-state index contributed by atoms with van der Waals surface area (Å²) in [4.78, 5) is 25.2. The van der Waals surface area contributed by atoms with Gasteiger partial charge in [0.15, 0.2) is 33.4 Å². The third-order valence-corrected chi connectivity index (χ3v) is 9.98. The Labute approximate surface area is 200 Å². The standard InChI is InChI=1S/C25H28FIO5/c1-24-9-8-16-15-5-3-14(28)10-13(15)2-4-17(16)18(24)11-21-25(24,20(29)12-26)32-23(31-21)19-6-7-22(27)30-19/h6-7,10,15-18,21,23H,2-5,8-9,11-12H2,1H3/t15-,16+,17+,18-,21+,23+,24-,25+/m0/s1. The predicted molar refractivity (Wildman–Crippen MR) is 121 cm³/mol. The zero-order valence-corrected chi connectivity index (χ0v) is 20.3. The molecule has 4 fully saturated rings. The van der Waals surface area contributed by atoms with Gasteiger partial charge in [-0.3, -0.25) is 9.59 Å². The number of alkyl halides is 1. The maximum absolute atomic E-state index is 14.0. The highest BCUT2D eigenvalue weighted by atomic mass is 127. The van der Waals surface area contributed by atoms with Crippen molar-refractivity contribution in [3.63, 3.8) is 0 Å². The van der Waals surface area contributed by atoms with E-state index in [4.69, 9.17) is 13.9 Å². The summed E-state index contributed by atoms with van der Waals surface area (Å²) in [5, 5.41) is 0. The van der Waals surface area contributed by atoms with Gasteiger partial charge in [-0.15, -0.1) is 0 Å². The molecule has 7 heteroatoms. The first-order chi connectivity index (χ1) is 15.4. The fourth-order valence-corrected chi connectivity index (χ4v) is 8.55. The van der Waals surface area contributed by atoms with Crippen LogP contribution in [0.5, 0.6) is 0 Å². The van der Waals surface area contributed by atoms with Gasteiger partial charge in [0.05, 0.1) is 6.10 Å². The van der Waals surface area contributed by atoms with Gasteiger partial charge < -0.3 is 13.9 Å². The third-order valence-electron chi connectivity index (χ3n) is 9.40. The maximum atomic E-state index is 14.0. The van der Waals surface area contributed by atoms with Crippen molar-refractivity contribution in [2.45, 2.75) is 69.9 Å². The third kappa shape index (κ3) is 2.79. The summed E-state index contributed by atoms with van der Waals surface area (Å²) in [6.45, 7) is 1.09. The van der Waals surface area contributed by atoms with Crippen LogP contribution >= 0.6 is 22.6 Å². The van der Waals surface area contributed by atoms with Crippen molar-refractivity contribution in [1.29, 1.82) is 0 Å². The van der Waals surface area contributed by atoms with Gasteiger partial charge in [-0.2, -0.15) is 0 Å². The topological polar surface area (TPSA) is 65.7 Å². The lowest BCUT2D eigenvalue weighted by atomic mass is 9.50. The van der Waals surface area contributed by atoms with Crippen molar-refractivity contribution in [2.24, 2.45) is 29.1 Å². The Balaban J connectivity index is 1.35. The van der Waals surface area contributed by atoms with Crippen LogP contribution in [0.25, 0.3) is 0 Å². The van der Waals surface area contributed by atoms with E-state index in [9.17, 15) is 14.0 Å². The van der Waals surface area contributed by atoms with Crippen LogP contribution in [0.1, 0.15) is 63.9 Å². The number of hydrogen-bond donors (Lipinski definition) is 0. The molecule has 0 aromatic carbocycles. The van der Waals surface area contributed by atoms with Gasteiger partial charge in [0.25, 0.3) is 0 Å². The molecule has 1 aromatic rings. The number of fused-ring (bicyclic) bond motifs is 7. The molecular formula is C25H28FIO5. The number of ketones is 2. The number of ether oxygens (including phenoxy) is 2. The number of furan rings is 1. The minimum Gasteiger partial charge on any atom is -0.450 e. The predicted octanol–water partition coefficient (Wildman–Crippen LogP) is 5.33. The van der Waals surface area contributed by atoms with Crippen LogP contribution in [0.4, 0.5) is 4.39 Å². The molecule has 32 heavy (non-hydrogen) atoms. The number of halogens is 2. The second kappa shape index (κ2) is 7.47. The quantitative estimate of drug-likeness (QED) is 0.473. The number of Topliss-reactive ketones (excluding diaryl/α,β-unsaturated/α-hetero) is 1. The van der Waals surface area contributed by atoms with E-state index < -0.39 is 35.9 Å². The van der Waals surface area contributed by atoms with Crippen molar-refractivity contribution < 1.29 is 27.9 Å². The molecule has 8 atom stereocenters. The summed E-state index contributed by atoms with van der Waals surface area (Å²) >= 11 is 2.08. The molecule has 0 bridgehead atoms. The molecule has 0 unspecified atom stereocenters. The van der Waals surface area contributed by atoms with Gasteiger partial charge in [-0.1, -0.05) is 12.5 Å². The first kappa shape index (κ1) is 21.5. The number of hydrogen-bond acceptors (Lipinski definition) is 5. The van der Waals surface area contributed by atoms with E-state index in [1.807, 2.05) is 12.1 Å². The summed E-state index contributed by atoms with van der Waals surface area (Å²) in [6, 6.07) is 3.63. The highest BCUT2D eigenvalue weighted by Gasteiger charge is 2.74. The van der Waals surface area contributed by atoms with E-state index in [0.717, 1.165) is 32.1 Å². The lowest BCUT2D eigenvalue weighted by molar-refractivity contribution is -0.187. The largest absolute Gasteiger partial charge is 0.450 e. The second-order valence-electron chi connectivity index (χ2n) is 10.5. The molecule has 0 radical (unpaired) electrons. The second-order valence-corrected chi connectivity index (χ2v) is 11.6. The summed E-state index contributed by atoms with van der Waals surface area (Å²) in [5.74, 6) is 2.01. The van der Waals surface area contributed by atoms with Gasteiger partial charge in [0.2, 0.25) is 6.29 Å². The van der Waals surface area contributed by atoms with Gasteiger partial charge in [-0.25, -0.2) is 4.39 Å². The van der Waals surface area contributed by atoms with Crippen LogP contribution in [0, 0.1) is 32.9 Å². The van der Waals surface area contributed by atoms with Gasteiger partial charge in [0.1, 0.15) is 0 Å². The molecule has 172 valence electrons. The van der Waals surface area contributed by atoms with E-state index in [1.165, 1.54) is 5.57 Å². The normalized spacial score (nSPS) is 45.0. The highest BCUT2D eigenvalue weighted by Crippen LogP contribution is 2.69. The Bertz CT molecular complexity index is 1000. The van der Waals surface area contributed by atoms with Crippen LogP contribution in [0.3, 0.4) is 0 Å². The lowest BCUT2D eigenvalue weighted by Crippen LogP contribution is -2.59. The molecule has 5 aliphatic rings. The number of rotatable bonds is 3. The van der Waals surface area contributed by atoms with Gasteiger partial charge in [-0.05, 0) is 103 Å². The minimum atomic E-state index is -1.26. The summed E-state index contributed by atoms with van der Waals surface area (Å²) in [7, 11) is 0. The average Bonchev–Trinajstić information content (AvgIpc) is 3.44. The molecule has 2 heterocycles. The van der Waals surface area contributed by atoms with Crippen molar-refractivity contribution in [3.05, 3.63) is 33.3 Å². The maximum Gasteiger partial charge on any atom is 0.218 e. The Morgan fingerprint density at radius 2 is 2.06 bits per heavy atom. The van der Waals surface area contributed by atoms with Crippen LogP contribution < -0.4 is 0 Å². The zero-order valence-electron chi connectivity index (χ0n) is 18.2. The van der Waals surface area contributed by atoms with Crippen molar-refractivity contribution >= 4 is 34.2 Å². The van der Waals surface area contributed by atoms with E-state index in [1.54, 1.807) is 6.07 Å². The van der Waals surface area contributed by atoms with Gasteiger partial charge >= 0.3 is 0 Å². The molecule has 1 saturated heterocycles. The Morgan fingerprint density at radius 3 is 2.81 bits per heavy atom. The Kier molecular flexibility index (Phi) is 5.01. The number of carbonyl (C=O) groups excluding carboxylic acids is 2. The molecule has 6 rings (SSSR count). The molecule has 1 aliphatic heterocycles. The van der Waals surface area contributed by atoms with E-state index in [0.29, 0.717) is 40.1 Å². The molecular weight excluding hydrogens is 526 g/mol. The van der Waals surface area contributed by atoms with E-state index in [-0.39, 0.29) is 11.7 Å². The monoisotopic (exact) mass is 554 g/mol. The summed E-state index contributed by atoms with van der Waals surface area (Å²) in [5.41, 5.74) is -0.403. The Morgan fingerprint density at radius 1 is 1.22 bits per heavy atom. The van der Waals surface area contributed by atoms with Crippen molar-refractivity contribution in [3.8, 4) is 0 Å². The van der Waals surface area contributed by atoms with Crippen LogP contribution in [0.2, 0.25) is 0 Å². The molecule has 3 saturated carbocycles. The van der Waals surface area contributed by atoms with E-state index >= 15 is 0 Å².